The first kappa shape index (κ1) is 20.0. The van der Waals surface area contributed by atoms with Crippen molar-refractivity contribution in [2.24, 2.45) is 5.41 Å². The van der Waals surface area contributed by atoms with Crippen LogP contribution in [-0.4, -0.2) is 48.6 Å². The minimum atomic E-state index is -0.189. The van der Waals surface area contributed by atoms with Crippen LogP contribution in [0.1, 0.15) is 51.9 Å². The number of piperidine rings is 1. The molecule has 0 N–H and O–H groups in total. The fourth-order valence-electron chi connectivity index (χ4n) is 5.40. The van der Waals surface area contributed by atoms with Crippen LogP contribution >= 0.6 is 0 Å². The molecule has 6 nitrogen and oxygen atoms in total. The first-order chi connectivity index (χ1) is 15.1. The lowest BCUT2D eigenvalue weighted by Gasteiger charge is -2.39. The predicted octanol–water partition coefficient (Wildman–Crippen LogP) is 3.47. The van der Waals surface area contributed by atoms with Crippen LogP contribution in [0.3, 0.4) is 0 Å². The van der Waals surface area contributed by atoms with Crippen molar-refractivity contribution < 1.29 is 9.53 Å². The number of ether oxygens (including phenoxy) is 1. The third kappa shape index (κ3) is 3.79. The van der Waals surface area contributed by atoms with E-state index in [-0.39, 0.29) is 5.97 Å². The molecule has 0 amide bonds. The Bertz CT molecular complexity index is 1050. The zero-order chi connectivity index (χ0) is 21.4. The standard InChI is InChI=1S/C25H28N4O2/c1-18-20(2-3-21-22(18)16-31-24(21)30)5-10-28-11-6-25(7-12-28)8-13-29(17-25)23-14-19(15-26)4-9-27-23/h2-4,9,14H,5-8,10-13,16-17H2,1H3. The molecule has 0 bridgehead atoms. The van der Waals surface area contributed by atoms with Gasteiger partial charge in [-0.3, -0.25) is 0 Å². The van der Waals surface area contributed by atoms with Gasteiger partial charge in [0.2, 0.25) is 0 Å². The number of esters is 1. The number of rotatable bonds is 4. The number of nitrogens with zero attached hydrogens (tertiary/aromatic N) is 4. The number of carbonyl (C=O) groups excluding carboxylic acids is 1. The summed E-state index contributed by atoms with van der Waals surface area (Å²) in [6.07, 6.45) is 6.39. The SMILES string of the molecule is Cc1c(CCN2CCC3(CC2)CCN(c2cc(C#N)ccn2)C3)ccc2c1COC2=O. The van der Waals surface area contributed by atoms with Crippen molar-refractivity contribution in [3.8, 4) is 6.07 Å². The Labute approximate surface area is 183 Å². The summed E-state index contributed by atoms with van der Waals surface area (Å²) in [7, 11) is 0. The Kier molecular flexibility index (Phi) is 5.15. The number of benzene rings is 1. The van der Waals surface area contributed by atoms with Gasteiger partial charge in [0.25, 0.3) is 0 Å². The second-order valence-electron chi connectivity index (χ2n) is 9.23. The maximum Gasteiger partial charge on any atom is 0.338 e. The van der Waals surface area contributed by atoms with Gasteiger partial charge in [-0.25, -0.2) is 9.78 Å². The Morgan fingerprint density at radius 2 is 2.00 bits per heavy atom. The highest BCUT2D eigenvalue weighted by Gasteiger charge is 2.40. The number of fused-ring (bicyclic) bond motifs is 1. The summed E-state index contributed by atoms with van der Waals surface area (Å²) in [6.45, 7) is 7.92. The van der Waals surface area contributed by atoms with Crippen molar-refractivity contribution in [3.05, 3.63) is 58.3 Å². The van der Waals surface area contributed by atoms with Gasteiger partial charge in [0.15, 0.2) is 0 Å². The summed E-state index contributed by atoms with van der Waals surface area (Å²) in [5, 5.41) is 9.16. The molecule has 0 radical (unpaired) electrons. The van der Waals surface area contributed by atoms with Crippen molar-refractivity contribution in [3.63, 3.8) is 0 Å². The first-order valence-corrected chi connectivity index (χ1v) is 11.2. The quantitative estimate of drug-likeness (QED) is 0.711. The summed E-state index contributed by atoms with van der Waals surface area (Å²) in [4.78, 5) is 21.2. The molecule has 2 fully saturated rings. The van der Waals surface area contributed by atoms with Gasteiger partial charge >= 0.3 is 5.97 Å². The Morgan fingerprint density at radius 3 is 2.81 bits per heavy atom. The summed E-state index contributed by atoms with van der Waals surface area (Å²) >= 11 is 0. The summed E-state index contributed by atoms with van der Waals surface area (Å²) in [5.41, 5.74) is 5.41. The van der Waals surface area contributed by atoms with Crippen LogP contribution in [0.4, 0.5) is 5.82 Å². The molecule has 0 aliphatic carbocycles. The maximum atomic E-state index is 11.8. The molecule has 5 rings (SSSR count). The molecular weight excluding hydrogens is 388 g/mol. The van der Waals surface area contributed by atoms with E-state index in [9.17, 15) is 4.79 Å². The van der Waals surface area contributed by atoms with Gasteiger partial charge in [-0.1, -0.05) is 6.07 Å². The van der Waals surface area contributed by atoms with Crippen LogP contribution < -0.4 is 4.90 Å². The Balaban J connectivity index is 1.16. The minimum absolute atomic E-state index is 0.189. The molecule has 2 saturated heterocycles. The molecule has 1 aromatic heterocycles. The van der Waals surface area contributed by atoms with Crippen molar-refractivity contribution in [2.75, 3.05) is 37.6 Å². The highest BCUT2D eigenvalue weighted by molar-refractivity contribution is 5.93. The number of hydrogen-bond donors (Lipinski definition) is 0. The average molecular weight is 417 g/mol. The first-order valence-electron chi connectivity index (χ1n) is 11.2. The monoisotopic (exact) mass is 416 g/mol. The van der Waals surface area contributed by atoms with E-state index in [2.05, 4.69) is 33.8 Å². The summed E-state index contributed by atoms with van der Waals surface area (Å²) in [5.74, 6) is 0.749. The van der Waals surface area contributed by atoms with Gasteiger partial charge in [-0.05, 0) is 80.4 Å². The third-order valence-corrected chi connectivity index (χ3v) is 7.53. The minimum Gasteiger partial charge on any atom is -0.457 e. The van der Waals surface area contributed by atoms with Crippen molar-refractivity contribution in [1.29, 1.82) is 5.26 Å². The zero-order valence-corrected chi connectivity index (χ0v) is 18.1. The fraction of sp³-hybridized carbons (Fsp3) is 0.480. The molecule has 31 heavy (non-hydrogen) atoms. The number of pyridine rings is 1. The third-order valence-electron chi connectivity index (χ3n) is 7.53. The van der Waals surface area contributed by atoms with E-state index < -0.39 is 0 Å². The van der Waals surface area contributed by atoms with Gasteiger partial charge in [0.05, 0.1) is 17.2 Å². The van der Waals surface area contributed by atoms with E-state index in [1.54, 1.807) is 12.3 Å². The van der Waals surface area contributed by atoms with E-state index in [0.29, 0.717) is 17.6 Å². The van der Waals surface area contributed by atoms with Gasteiger partial charge in [-0.15, -0.1) is 0 Å². The van der Waals surface area contributed by atoms with Crippen molar-refractivity contribution in [2.45, 2.75) is 39.2 Å². The van der Waals surface area contributed by atoms with Crippen LogP contribution in [-0.2, 0) is 17.8 Å². The van der Waals surface area contributed by atoms with Gasteiger partial charge < -0.3 is 14.5 Å². The predicted molar refractivity (Wildman–Crippen MR) is 118 cm³/mol. The average Bonchev–Trinajstić information content (AvgIpc) is 3.39. The number of aromatic nitrogens is 1. The second kappa shape index (κ2) is 7.97. The lowest BCUT2D eigenvalue weighted by Crippen LogP contribution is -2.42. The van der Waals surface area contributed by atoms with Crippen LogP contribution in [0.25, 0.3) is 0 Å². The van der Waals surface area contributed by atoms with E-state index in [1.165, 1.54) is 30.4 Å². The number of cyclic esters (lactones) is 1. The molecule has 0 saturated carbocycles. The number of nitriles is 1. The second-order valence-corrected chi connectivity index (χ2v) is 9.23. The molecule has 3 aliphatic heterocycles. The zero-order valence-electron chi connectivity index (χ0n) is 18.1. The topological polar surface area (TPSA) is 69.5 Å². The largest absolute Gasteiger partial charge is 0.457 e. The highest BCUT2D eigenvalue weighted by atomic mass is 16.5. The number of hydrogen-bond acceptors (Lipinski definition) is 6. The van der Waals surface area contributed by atoms with Crippen molar-refractivity contribution >= 4 is 11.8 Å². The van der Waals surface area contributed by atoms with Crippen LogP contribution in [0.5, 0.6) is 0 Å². The molecule has 1 spiro atoms. The normalized spacial score (nSPS) is 20.0. The molecule has 160 valence electrons. The van der Waals surface area contributed by atoms with Gasteiger partial charge in [0, 0.05) is 31.4 Å². The lowest BCUT2D eigenvalue weighted by molar-refractivity contribution is 0.0535. The van der Waals surface area contributed by atoms with E-state index in [1.807, 2.05) is 12.1 Å². The molecule has 2 aromatic rings. The molecule has 3 aliphatic rings. The number of likely N-dealkylation sites (tertiary alicyclic amines) is 1. The number of anilines is 1. The fourth-order valence-corrected chi connectivity index (χ4v) is 5.40. The number of carbonyl (C=O) groups is 1. The lowest BCUT2D eigenvalue weighted by atomic mass is 9.77. The van der Waals surface area contributed by atoms with E-state index >= 15 is 0 Å². The van der Waals surface area contributed by atoms with E-state index in [4.69, 9.17) is 10.00 Å². The van der Waals surface area contributed by atoms with Crippen LogP contribution in [0, 0.1) is 23.7 Å². The van der Waals surface area contributed by atoms with Crippen molar-refractivity contribution in [1.82, 2.24) is 9.88 Å². The molecule has 6 heteroatoms. The molecule has 0 unspecified atom stereocenters. The smallest absolute Gasteiger partial charge is 0.338 e. The van der Waals surface area contributed by atoms with Crippen LogP contribution in [0.15, 0.2) is 30.5 Å². The summed E-state index contributed by atoms with van der Waals surface area (Å²) < 4.78 is 5.19. The molecule has 4 heterocycles. The molecule has 1 aromatic carbocycles. The van der Waals surface area contributed by atoms with E-state index in [0.717, 1.165) is 56.1 Å². The summed E-state index contributed by atoms with van der Waals surface area (Å²) in [6, 6.07) is 9.92. The van der Waals surface area contributed by atoms with Gasteiger partial charge in [-0.2, -0.15) is 5.26 Å². The Morgan fingerprint density at radius 1 is 1.19 bits per heavy atom. The molecular formula is C25H28N4O2. The van der Waals surface area contributed by atoms with Gasteiger partial charge in [0.1, 0.15) is 12.4 Å². The highest BCUT2D eigenvalue weighted by Crippen LogP contribution is 2.41. The maximum absolute atomic E-state index is 11.8. The Hall–Kier alpha value is -2.91. The molecule has 0 atom stereocenters. The van der Waals surface area contributed by atoms with Crippen LogP contribution in [0.2, 0.25) is 0 Å².